The molecular formula is C9H17Cl3O3. The van der Waals surface area contributed by atoms with Crippen LogP contribution in [0.25, 0.3) is 0 Å². The smallest absolute Gasteiger partial charge is 0.275 e. The van der Waals surface area contributed by atoms with Crippen molar-refractivity contribution >= 4 is 34.8 Å². The van der Waals surface area contributed by atoms with E-state index in [9.17, 15) is 0 Å². The molecule has 0 aliphatic carbocycles. The van der Waals surface area contributed by atoms with Crippen LogP contribution in [0.5, 0.6) is 0 Å². The fraction of sp³-hybridized carbons (Fsp3) is 1.00. The minimum absolute atomic E-state index is 0.0303. The monoisotopic (exact) mass is 278 g/mol. The fourth-order valence-electron chi connectivity index (χ4n) is 1.22. The van der Waals surface area contributed by atoms with Gasteiger partial charge < -0.3 is 15.3 Å². The van der Waals surface area contributed by atoms with E-state index in [0.29, 0.717) is 12.8 Å². The predicted octanol–water partition coefficient (Wildman–Crippen LogP) is 2.72. The second kappa shape index (κ2) is 7.15. The molecule has 0 aromatic heterocycles. The molecule has 0 bridgehead atoms. The Labute approximate surface area is 105 Å². The molecule has 0 spiro atoms. The Kier molecular flexibility index (Phi) is 7.51. The first-order valence-corrected chi connectivity index (χ1v) is 6.08. The molecule has 3 nitrogen and oxygen atoms in total. The number of hydrogen-bond acceptors (Lipinski definition) is 3. The SMILES string of the molecule is OC(O)(O)CCCCCCCC(Cl)(Cl)Cl. The third kappa shape index (κ3) is 14.8. The first kappa shape index (κ1) is 15.8. The summed E-state index contributed by atoms with van der Waals surface area (Å²) in [7, 11) is 0. The van der Waals surface area contributed by atoms with Crippen LogP contribution in [0.2, 0.25) is 0 Å². The number of halogens is 3. The van der Waals surface area contributed by atoms with E-state index in [2.05, 4.69) is 0 Å². The summed E-state index contributed by atoms with van der Waals surface area (Å²) in [5, 5.41) is 25.8. The van der Waals surface area contributed by atoms with E-state index in [-0.39, 0.29) is 6.42 Å². The van der Waals surface area contributed by atoms with Gasteiger partial charge in [0.25, 0.3) is 5.97 Å². The molecule has 0 saturated carbocycles. The van der Waals surface area contributed by atoms with Gasteiger partial charge in [-0.3, -0.25) is 0 Å². The minimum Gasteiger partial charge on any atom is -0.344 e. The summed E-state index contributed by atoms with van der Waals surface area (Å²) in [6, 6.07) is 0. The first-order valence-electron chi connectivity index (χ1n) is 4.94. The quantitative estimate of drug-likeness (QED) is 0.381. The molecule has 0 fully saturated rings. The van der Waals surface area contributed by atoms with Crippen molar-refractivity contribution in [1.82, 2.24) is 0 Å². The second-order valence-electron chi connectivity index (χ2n) is 3.66. The lowest BCUT2D eigenvalue weighted by Crippen LogP contribution is -2.26. The highest BCUT2D eigenvalue weighted by molar-refractivity contribution is 6.67. The van der Waals surface area contributed by atoms with E-state index in [1.54, 1.807) is 0 Å². The van der Waals surface area contributed by atoms with Crippen LogP contribution in [0.3, 0.4) is 0 Å². The lowest BCUT2D eigenvalue weighted by atomic mass is 10.1. The van der Waals surface area contributed by atoms with Gasteiger partial charge in [0.15, 0.2) is 3.79 Å². The molecule has 0 saturated heterocycles. The Balaban J connectivity index is 3.20. The van der Waals surface area contributed by atoms with Crippen LogP contribution in [0.4, 0.5) is 0 Å². The fourth-order valence-corrected chi connectivity index (χ4v) is 1.62. The summed E-state index contributed by atoms with van der Waals surface area (Å²) < 4.78 is -1.17. The zero-order chi connectivity index (χ0) is 11.9. The third-order valence-corrected chi connectivity index (χ3v) is 2.54. The van der Waals surface area contributed by atoms with Gasteiger partial charge in [-0.15, -0.1) is 0 Å². The molecule has 0 aromatic carbocycles. The third-order valence-electron chi connectivity index (χ3n) is 1.97. The molecule has 0 aliphatic rings. The van der Waals surface area contributed by atoms with E-state index in [1.807, 2.05) is 0 Å². The van der Waals surface area contributed by atoms with Crippen LogP contribution in [0.15, 0.2) is 0 Å². The normalized spacial score (nSPS) is 13.2. The highest BCUT2D eigenvalue weighted by Gasteiger charge is 2.18. The van der Waals surface area contributed by atoms with Crippen LogP contribution < -0.4 is 0 Å². The van der Waals surface area contributed by atoms with Gasteiger partial charge >= 0.3 is 0 Å². The van der Waals surface area contributed by atoms with Crippen LogP contribution in [0, 0.1) is 0 Å². The van der Waals surface area contributed by atoms with Crippen molar-refractivity contribution in [2.45, 2.75) is 54.7 Å². The van der Waals surface area contributed by atoms with Gasteiger partial charge in [-0.25, -0.2) is 0 Å². The molecule has 0 unspecified atom stereocenters. The van der Waals surface area contributed by atoms with Crippen molar-refractivity contribution in [3.63, 3.8) is 0 Å². The molecule has 0 aromatic rings. The van der Waals surface area contributed by atoms with E-state index >= 15 is 0 Å². The Bertz CT molecular complexity index is 145. The summed E-state index contributed by atoms with van der Waals surface area (Å²) in [6.45, 7) is 0. The molecule has 0 atom stereocenters. The number of unbranched alkanes of at least 4 members (excludes halogenated alkanes) is 4. The van der Waals surface area contributed by atoms with Crippen molar-refractivity contribution in [3.05, 3.63) is 0 Å². The Morgan fingerprint density at radius 3 is 1.47 bits per heavy atom. The number of hydrogen-bond donors (Lipinski definition) is 3. The van der Waals surface area contributed by atoms with E-state index < -0.39 is 9.77 Å². The zero-order valence-electron chi connectivity index (χ0n) is 8.43. The molecular weight excluding hydrogens is 262 g/mol. The highest BCUT2D eigenvalue weighted by atomic mass is 35.6. The van der Waals surface area contributed by atoms with Gasteiger partial charge in [0.05, 0.1) is 0 Å². The summed E-state index contributed by atoms with van der Waals surface area (Å²) in [5.74, 6) is -2.53. The molecule has 92 valence electrons. The summed E-state index contributed by atoms with van der Waals surface area (Å²) in [6.07, 6.45) is 4.58. The summed E-state index contributed by atoms with van der Waals surface area (Å²) >= 11 is 16.7. The Morgan fingerprint density at radius 1 is 0.667 bits per heavy atom. The Morgan fingerprint density at radius 2 is 1.07 bits per heavy atom. The average molecular weight is 280 g/mol. The first-order chi connectivity index (χ1) is 6.71. The van der Waals surface area contributed by atoms with Crippen molar-refractivity contribution in [2.24, 2.45) is 0 Å². The largest absolute Gasteiger partial charge is 0.344 e. The highest BCUT2D eigenvalue weighted by Crippen LogP contribution is 2.32. The maximum atomic E-state index is 8.59. The van der Waals surface area contributed by atoms with Crippen molar-refractivity contribution in [2.75, 3.05) is 0 Å². The average Bonchev–Trinajstić information content (AvgIpc) is 1.98. The van der Waals surface area contributed by atoms with Crippen LogP contribution in [-0.2, 0) is 0 Å². The van der Waals surface area contributed by atoms with E-state index in [0.717, 1.165) is 25.7 Å². The number of rotatable bonds is 7. The molecule has 3 N–H and O–H groups in total. The standard InChI is InChI=1S/C9H17Cl3O3/c10-8(11,12)6-4-2-1-3-5-7-9(13,14)15/h13-15H,1-7H2. The number of aliphatic hydroxyl groups is 3. The van der Waals surface area contributed by atoms with E-state index in [4.69, 9.17) is 50.1 Å². The summed E-state index contributed by atoms with van der Waals surface area (Å²) in [5.41, 5.74) is 0. The molecule has 0 amide bonds. The van der Waals surface area contributed by atoms with Gasteiger partial charge in [0.1, 0.15) is 0 Å². The van der Waals surface area contributed by atoms with Crippen molar-refractivity contribution in [3.8, 4) is 0 Å². The van der Waals surface area contributed by atoms with Crippen LogP contribution >= 0.6 is 34.8 Å². The van der Waals surface area contributed by atoms with Gasteiger partial charge in [0, 0.05) is 6.42 Å². The predicted molar refractivity (Wildman–Crippen MR) is 62.0 cm³/mol. The van der Waals surface area contributed by atoms with Gasteiger partial charge in [0.2, 0.25) is 0 Å². The molecule has 0 radical (unpaired) electrons. The molecule has 0 heterocycles. The minimum atomic E-state index is -2.53. The van der Waals surface area contributed by atoms with Crippen molar-refractivity contribution in [1.29, 1.82) is 0 Å². The lowest BCUT2D eigenvalue weighted by molar-refractivity contribution is -0.315. The molecule has 0 aliphatic heterocycles. The molecule has 6 heteroatoms. The van der Waals surface area contributed by atoms with Gasteiger partial charge in [-0.05, 0) is 19.3 Å². The molecule has 0 rings (SSSR count). The lowest BCUT2D eigenvalue weighted by Gasteiger charge is -2.13. The summed E-state index contributed by atoms with van der Waals surface area (Å²) in [4.78, 5) is 0. The van der Waals surface area contributed by atoms with E-state index in [1.165, 1.54) is 0 Å². The van der Waals surface area contributed by atoms with Gasteiger partial charge in [-0.1, -0.05) is 54.1 Å². The van der Waals surface area contributed by atoms with Crippen LogP contribution in [-0.4, -0.2) is 25.1 Å². The Hall–Kier alpha value is 0.750. The number of alkyl halides is 3. The van der Waals surface area contributed by atoms with Gasteiger partial charge in [-0.2, -0.15) is 0 Å². The zero-order valence-corrected chi connectivity index (χ0v) is 10.7. The topological polar surface area (TPSA) is 60.7 Å². The second-order valence-corrected chi connectivity index (χ2v) is 6.17. The maximum absolute atomic E-state index is 8.59. The maximum Gasteiger partial charge on any atom is 0.275 e. The van der Waals surface area contributed by atoms with Crippen LogP contribution in [0.1, 0.15) is 44.9 Å². The molecule has 15 heavy (non-hydrogen) atoms. The van der Waals surface area contributed by atoms with Crippen molar-refractivity contribution < 1.29 is 15.3 Å².